The first-order valence-electron chi connectivity index (χ1n) is 15.7. The molecule has 0 amide bonds. The molecule has 0 aromatic carbocycles. The molecule has 3 aromatic heterocycles. The van der Waals surface area contributed by atoms with E-state index in [1.54, 1.807) is 0 Å². The summed E-state index contributed by atoms with van der Waals surface area (Å²) in [7, 11) is 1.89. The highest BCUT2D eigenvalue weighted by Crippen LogP contribution is 2.43. The molecule has 0 bridgehead atoms. The number of hydrogen-bond donors (Lipinski definition) is 0. The number of ether oxygens (including phenoxy) is 2. The molecule has 2 saturated carbocycles. The minimum Gasteiger partial charge on any atom is -0.469 e. The van der Waals surface area contributed by atoms with Gasteiger partial charge in [-0.1, -0.05) is 0 Å². The van der Waals surface area contributed by atoms with E-state index in [1.807, 2.05) is 11.6 Å². The Hall–Kier alpha value is -2.99. The van der Waals surface area contributed by atoms with Crippen molar-refractivity contribution in [2.45, 2.75) is 94.5 Å². The zero-order valence-electron chi connectivity index (χ0n) is 24.7. The minimum absolute atomic E-state index is 0.00201. The third-order valence-electron chi connectivity index (χ3n) is 10.4. The van der Waals surface area contributed by atoms with Gasteiger partial charge >= 0.3 is 6.18 Å². The van der Waals surface area contributed by atoms with E-state index in [2.05, 4.69) is 37.2 Å². The van der Waals surface area contributed by atoms with Crippen molar-refractivity contribution in [3.05, 3.63) is 53.5 Å². The lowest BCUT2D eigenvalue weighted by Crippen LogP contribution is -2.46. The van der Waals surface area contributed by atoms with E-state index in [0.717, 1.165) is 63.1 Å². The summed E-state index contributed by atoms with van der Waals surface area (Å²) in [5.41, 5.74) is 1.01. The fourth-order valence-corrected chi connectivity index (χ4v) is 7.70. The van der Waals surface area contributed by atoms with E-state index in [9.17, 15) is 13.2 Å². The molecule has 2 saturated heterocycles. The summed E-state index contributed by atoms with van der Waals surface area (Å²) in [6, 6.07) is 3.04. The predicted octanol–water partition coefficient (Wildman–Crippen LogP) is 5.65. The lowest BCUT2D eigenvalue weighted by atomic mass is 9.79. The van der Waals surface area contributed by atoms with Gasteiger partial charge in [0, 0.05) is 49.4 Å². The first-order valence-corrected chi connectivity index (χ1v) is 15.7. The van der Waals surface area contributed by atoms with Crippen LogP contribution in [0.25, 0.3) is 0 Å². The Morgan fingerprint density at radius 1 is 1.00 bits per heavy atom. The summed E-state index contributed by atoms with van der Waals surface area (Å²) in [5.74, 6) is 2.16. The van der Waals surface area contributed by atoms with E-state index in [0.29, 0.717) is 29.2 Å². The molecule has 232 valence electrons. The summed E-state index contributed by atoms with van der Waals surface area (Å²) < 4.78 is 54.2. The Labute approximate surface area is 249 Å². The second kappa shape index (κ2) is 11.5. The molecule has 12 heteroatoms. The van der Waals surface area contributed by atoms with Crippen LogP contribution in [-0.2, 0) is 24.6 Å². The summed E-state index contributed by atoms with van der Waals surface area (Å²) in [6.45, 7) is 4.36. The second-order valence-corrected chi connectivity index (χ2v) is 13.2. The van der Waals surface area contributed by atoms with E-state index in [-0.39, 0.29) is 18.4 Å². The Morgan fingerprint density at radius 2 is 1.74 bits per heavy atom. The van der Waals surface area contributed by atoms with Crippen molar-refractivity contribution in [2.75, 3.05) is 26.3 Å². The van der Waals surface area contributed by atoms with Crippen LogP contribution in [0.15, 0.2) is 30.7 Å². The van der Waals surface area contributed by atoms with Crippen molar-refractivity contribution in [1.29, 1.82) is 0 Å². The number of pyridine rings is 1. The maximum atomic E-state index is 13.0. The van der Waals surface area contributed by atoms with Gasteiger partial charge in [-0.25, -0.2) is 4.98 Å². The van der Waals surface area contributed by atoms with Crippen molar-refractivity contribution in [3.63, 3.8) is 0 Å². The van der Waals surface area contributed by atoms with Crippen molar-refractivity contribution in [1.82, 2.24) is 34.4 Å². The van der Waals surface area contributed by atoms with Gasteiger partial charge < -0.3 is 14.0 Å². The number of alkyl halides is 3. The molecule has 2 aliphatic carbocycles. The predicted molar refractivity (Wildman–Crippen MR) is 151 cm³/mol. The Bertz CT molecular complexity index is 1400. The molecular formula is C31H40F3N7O2. The van der Waals surface area contributed by atoms with Crippen LogP contribution in [0.1, 0.15) is 98.4 Å². The van der Waals surface area contributed by atoms with Gasteiger partial charge in [-0.3, -0.25) is 9.58 Å². The van der Waals surface area contributed by atoms with Gasteiger partial charge in [0.15, 0.2) is 5.82 Å². The molecule has 0 atom stereocenters. The van der Waals surface area contributed by atoms with Crippen LogP contribution >= 0.6 is 0 Å². The molecule has 1 spiro atoms. The molecule has 4 fully saturated rings. The van der Waals surface area contributed by atoms with Crippen LogP contribution in [0.5, 0.6) is 5.88 Å². The SMILES string of the molecule is Cn1c(COc2cc(C(F)(F)F)ccn2)nnc1[C@H]1CC[C@H](c2cnn([C@H]3CC[C@H](N4CCC5(COC5)C4)CC3)c2)CC1. The molecule has 0 N–H and O–H groups in total. The average Bonchev–Trinajstić information content (AvgIpc) is 3.75. The van der Waals surface area contributed by atoms with E-state index < -0.39 is 11.7 Å². The average molecular weight is 600 g/mol. The van der Waals surface area contributed by atoms with Crippen molar-refractivity contribution < 1.29 is 22.6 Å². The molecule has 7 rings (SSSR count). The standard InChI is InChI=1S/C31H40F3N7O2/c1-39-27(17-43-28-14-24(10-12-35-28)31(32,33)34)37-38-29(39)22-4-2-21(3-5-22)23-15-36-41(16-23)26-8-6-25(7-9-26)40-13-11-30(18-40)19-42-20-30/h10,12,14-16,21-22,25-26H,2-9,11,13,17-20H2,1H3/t21-,22-,25-,26-. The topological polar surface area (TPSA) is 83.1 Å². The molecule has 9 nitrogen and oxygen atoms in total. The summed E-state index contributed by atoms with van der Waals surface area (Å²) >= 11 is 0. The molecule has 0 unspecified atom stereocenters. The largest absolute Gasteiger partial charge is 0.469 e. The molecule has 2 aliphatic heterocycles. The first kappa shape index (κ1) is 28.8. The maximum absolute atomic E-state index is 13.0. The number of nitrogens with zero attached hydrogens (tertiary/aromatic N) is 7. The third kappa shape index (κ3) is 5.92. The lowest BCUT2D eigenvalue weighted by molar-refractivity contribution is -0.137. The molecule has 43 heavy (non-hydrogen) atoms. The number of likely N-dealkylation sites (tertiary alicyclic amines) is 1. The Kier molecular flexibility index (Phi) is 7.69. The number of hydrogen-bond acceptors (Lipinski definition) is 7. The number of halogens is 3. The van der Waals surface area contributed by atoms with Crippen molar-refractivity contribution in [2.24, 2.45) is 12.5 Å². The maximum Gasteiger partial charge on any atom is 0.416 e. The van der Waals surface area contributed by atoms with Gasteiger partial charge in [0.05, 0.1) is 31.0 Å². The van der Waals surface area contributed by atoms with Crippen molar-refractivity contribution >= 4 is 0 Å². The van der Waals surface area contributed by atoms with Crippen LogP contribution in [0.3, 0.4) is 0 Å². The van der Waals surface area contributed by atoms with Crippen LogP contribution < -0.4 is 4.74 Å². The quantitative estimate of drug-likeness (QED) is 0.347. The van der Waals surface area contributed by atoms with E-state index in [1.165, 1.54) is 50.8 Å². The fourth-order valence-electron chi connectivity index (χ4n) is 7.70. The number of aromatic nitrogens is 6. The van der Waals surface area contributed by atoms with Gasteiger partial charge in [-0.15, -0.1) is 10.2 Å². The number of rotatable bonds is 7. The Balaban J connectivity index is 0.893. The van der Waals surface area contributed by atoms with Crippen LogP contribution in [0.2, 0.25) is 0 Å². The highest BCUT2D eigenvalue weighted by Gasteiger charge is 2.46. The van der Waals surface area contributed by atoms with Gasteiger partial charge in [0.2, 0.25) is 5.88 Å². The zero-order chi connectivity index (χ0) is 29.6. The van der Waals surface area contributed by atoms with Gasteiger partial charge in [-0.05, 0) is 81.9 Å². The Morgan fingerprint density at radius 3 is 2.44 bits per heavy atom. The summed E-state index contributed by atoms with van der Waals surface area (Å²) in [5, 5.41) is 13.5. The van der Waals surface area contributed by atoms with Gasteiger partial charge in [0.1, 0.15) is 12.4 Å². The molecule has 3 aromatic rings. The third-order valence-corrected chi connectivity index (χ3v) is 10.4. The van der Waals surface area contributed by atoms with Gasteiger partial charge in [-0.2, -0.15) is 18.3 Å². The monoisotopic (exact) mass is 599 g/mol. The van der Waals surface area contributed by atoms with Crippen LogP contribution in [-0.4, -0.2) is 66.8 Å². The van der Waals surface area contributed by atoms with Crippen molar-refractivity contribution in [3.8, 4) is 5.88 Å². The molecule has 5 heterocycles. The molecule has 4 aliphatic rings. The zero-order valence-corrected chi connectivity index (χ0v) is 24.7. The molecule has 0 radical (unpaired) electrons. The smallest absolute Gasteiger partial charge is 0.416 e. The first-order chi connectivity index (χ1) is 20.8. The van der Waals surface area contributed by atoms with E-state index >= 15 is 0 Å². The molecular weight excluding hydrogens is 559 g/mol. The second-order valence-electron chi connectivity index (χ2n) is 13.2. The summed E-state index contributed by atoms with van der Waals surface area (Å²) in [6.07, 6.45) is 11.4. The highest BCUT2D eigenvalue weighted by molar-refractivity contribution is 5.23. The van der Waals surface area contributed by atoms with Gasteiger partial charge in [0.25, 0.3) is 0 Å². The highest BCUT2D eigenvalue weighted by atomic mass is 19.4. The van der Waals surface area contributed by atoms with Crippen LogP contribution in [0, 0.1) is 5.41 Å². The fraction of sp³-hybridized carbons (Fsp3) is 0.677. The summed E-state index contributed by atoms with van der Waals surface area (Å²) in [4.78, 5) is 6.63. The lowest BCUT2D eigenvalue weighted by Gasteiger charge is -2.40. The van der Waals surface area contributed by atoms with Crippen LogP contribution in [0.4, 0.5) is 13.2 Å². The minimum atomic E-state index is -4.45. The van der Waals surface area contributed by atoms with E-state index in [4.69, 9.17) is 14.6 Å². The normalized spacial score (nSPS) is 27.8.